The van der Waals surface area contributed by atoms with Gasteiger partial charge in [0.05, 0.1) is 11.9 Å². The number of alkyl halides is 3. The van der Waals surface area contributed by atoms with E-state index < -0.39 is 11.6 Å². The summed E-state index contributed by atoms with van der Waals surface area (Å²) in [5, 5.41) is 15.8. The molecule has 0 amide bonds. The van der Waals surface area contributed by atoms with E-state index in [1.165, 1.54) is 0 Å². The van der Waals surface area contributed by atoms with Crippen LogP contribution >= 0.6 is 0 Å². The van der Waals surface area contributed by atoms with Crippen molar-refractivity contribution in [1.82, 2.24) is 34.1 Å². The first-order valence-corrected chi connectivity index (χ1v) is 11.7. The number of hydrogen-bond donors (Lipinski definition) is 1. The summed E-state index contributed by atoms with van der Waals surface area (Å²) < 4.78 is 47.6. The van der Waals surface area contributed by atoms with Crippen molar-refractivity contribution in [3.8, 4) is 22.6 Å². The van der Waals surface area contributed by atoms with E-state index in [1.807, 2.05) is 38.4 Å². The Hall–Kier alpha value is -3.63. The minimum Gasteiger partial charge on any atom is -0.344 e. The summed E-state index contributed by atoms with van der Waals surface area (Å²) in [6.07, 6.45) is 2.63. The van der Waals surface area contributed by atoms with Crippen molar-refractivity contribution in [1.29, 1.82) is 0 Å². The SMILES string of the molecule is Cc1cnc(Nc2ccnn2C)cc1-c1cc2n(c1)CCCn1c-2nnc1C1(C(F)(F)F)CCC1. The predicted octanol–water partition coefficient (Wildman–Crippen LogP) is 4.98. The van der Waals surface area contributed by atoms with Crippen LogP contribution in [0.3, 0.4) is 0 Å². The number of nitrogens with zero attached hydrogens (tertiary/aromatic N) is 7. The summed E-state index contributed by atoms with van der Waals surface area (Å²) in [5.41, 5.74) is 1.85. The minimum absolute atomic E-state index is 0.0604. The number of anilines is 2. The fourth-order valence-corrected chi connectivity index (χ4v) is 5.18. The van der Waals surface area contributed by atoms with Gasteiger partial charge in [0.1, 0.15) is 22.9 Å². The Labute approximate surface area is 199 Å². The molecule has 11 heteroatoms. The lowest BCUT2D eigenvalue weighted by atomic mass is 9.67. The van der Waals surface area contributed by atoms with Gasteiger partial charge in [-0.05, 0) is 49.4 Å². The van der Waals surface area contributed by atoms with Gasteiger partial charge in [-0.2, -0.15) is 18.3 Å². The lowest BCUT2D eigenvalue weighted by Gasteiger charge is -2.42. The van der Waals surface area contributed by atoms with Crippen molar-refractivity contribution in [3.05, 3.63) is 48.2 Å². The number of aromatic nitrogens is 7. The highest BCUT2D eigenvalue weighted by Gasteiger charge is 2.62. The van der Waals surface area contributed by atoms with E-state index in [9.17, 15) is 13.2 Å². The van der Waals surface area contributed by atoms with Crippen LogP contribution in [0.2, 0.25) is 0 Å². The first-order chi connectivity index (χ1) is 16.8. The second-order valence-electron chi connectivity index (χ2n) is 9.44. The fourth-order valence-electron chi connectivity index (χ4n) is 5.18. The molecule has 0 aromatic carbocycles. The molecule has 0 unspecified atom stereocenters. The third kappa shape index (κ3) is 3.35. The monoisotopic (exact) mass is 482 g/mol. The van der Waals surface area contributed by atoms with Gasteiger partial charge in [-0.1, -0.05) is 6.42 Å². The Morgan fingerprint density at radius 2 is 1.91 bits per heavy atom. The lowest BCUT2D eigenvalue weighted by molar-refractivity contribution is -0.216. The summed E-state index contributed by atoms with van der Waals surface area (Å²) in [5.74, 6) is 2.05. The smallest absolute Gasteiger partial charge is 0.344 e. The zero-order chi connectivity index (χ0) is 24.4. The van der Waals surface area contributed by atoms with E-state index in [4.69, 9.17) is 0 Å². The molecule has 0 bridgehead atoms. The highest BCUT2D eigenvalue weighted by molar-refractivity contribution is 5.74. The topological polar surface area (TPSA) is 78.4 Å². The number of hydrogen-bond acceptors (Lipinski definition) is 5. The van der Waals surface area contributed by atoms with Crippen molar-refractivity contribution < 1.29 is 13.2 Å². The Kier molecular flexibility index (Phi) is 4.81. The second kappa shape index (κ2) is 7.69. The molecule has 35 heavy (non-hydrogen) atoms. The van der Waals surface area contributed by atoms with Crippen LogP contribution in [0, 0.1) is 6.92 Å². The largest absolute Gasteiger partial charge is 0.401 e. The third-order valence-corrected chi connectivity index (χ3v) is 7.33. The van der Waals surface area contributed by atoms with Gasteiger partial charge in [0.2, 0.25) is 0 Å². The molecule has 4 aromatic heterocycles. The van der Waals surface area contributed by atoms with Crippen LogP contribution in [0.15, 0.2) is 36.8 Å². The van der Waals surface area contributed by atoms with Crippen molar-refractivity contribution in [3.63, 3.8) is 0 Å². The summed E-state index contributed by atoms with van der Waals surface area (Å²) >= 11 is 0. The Balaban J connectivity index is 1.40. The normalized spacial score (nSPS) is 16.8. The van der Waals surface area contributed by atoms with Crippen molar-refractivity contribution in [2.75, 3.05) is 5.32 Å². The fraction of sp³-hybridized carbons (Fsp3) is 0.417. The molecule has 0 spiro atoms. The molecule has 1 fully saturated rings. The number of halogens is 3. The number of rotatable bonds is 4. The summed E-state index contributed by atoms with van der Waals surface area (Å²) in [6.45, 7) is 3.16. The van der Waals surface area contributed by atoms with Crippen LogP contribution in [-0.4, -0.2) is 40.3 Å². The first-order valence-electron chi connectivity index (χ1n) is 11.7. The molecule has 1 saturated carbocycles. The molecule has 0 radical (unpaired) electrons. The molecule has 0 saturated heterocycles. The Morgan fingerprint density at radius 3 is 2.60 bits per heavy atom. The van der Waals surface area contributed by atoms with Gasteiger partial charge in [-0.15, -0.1) is 10.2 Å². The first kappa shape index (κ1) is 21.9. The van der Waals surface area contributed by atoms with E-state index in [-0.39, 0.29) is 18.7 Å². The molecular weight excluding hydrogens is 457 g/mol. The molecule has 1 aliphatic heterocycles. The van der Waals surface area contributed by atoms with Gasteiger partial charge in [0, 0.05) is 44.2 Å². The van der Waals surface area contributed by atoms with E-state index in [2.05, 4.69) is 30.2 Å². The highest BCUT2D eigenvalue weighted by atomic mass is 19.4. The van der Waals surface area contributed by atoms with E-state index in [1.54, 1.807) is 21.6 Å². The summed E-state index contributed by atoms with van der Waals surface area (Å²) in [7, 11) is 1.85. The van der Waals surface area contributed by atoms with Gasteiger partial charge in [-0.25, -0.2) is 4.98 Å². The molecule has 1 aliphatic carbocycles. The average Bonchev–Trinajstić information content (AvgIpc) is 3.45. The van der Waals surface area contributed by atoms with Crippen LogP contribution in [0.25, 0.3) is 22.6 Å². The number of pyridine rings is 1. The average molecular weight is 483 g/mol. The Bertz CT molecular complexity index is 1410. The van der Waals surface area contributed by atoms with Gasteiger partial charge in [0.15, 0.2) is 5.82 Å². The molecular formula is C24H25F3N8. The molecule has 5 heterocycles. The van der Waals surface area contributed by atoms with Crippen LogP contribution < -0.4 is 5.32 Å². The van der Waals surface area contributed by atoms with Gasteiger partial charge in [-0.3, -0.25) is 4.68 Å². The zero-order valence-corrected chi connectivity index (χ0v) is 19.5. The summed E-state index contributed by atoms with van der Waals surface area (Å²) in [6, 6.07) is 5.83. The highest BCUT2D eigenvalue weighted by Crippen LogP contribution is 2.54. The van der Waals surface area contributed by atoms with Crippen molar-refractivity contribution in [2.24, 2.45) is 7.05 Å². The van der Waals surface area contributed by atoms with Crippen molar-refractivity contribution in [2.45, 2.75) is 57.3 Å². The second-order valence-corrected chi connectivity index (χ2v) is 9.44. The Morgan fingerprint density at radius 1 is 1.09 bits per heavy atom. The van der Waals surface area contributed by atoms with Crippen molar-refractivity contribution >= 4 is 11.6 Å². The molecule has 182 valence electrons. The van der Waals surface area contributed by atoms with Crippen LogP contribution in [0.1, 0.15) is 37.1 Å². The minimum atomic E-state index is -4.33. The molecule has 1 N–H and O–H groups in total. The molecule has 0 atom stereocenters. The molecule has 2 aliphatic rings. The number of nitrogens with one attached hydrogen (secondary N) is 1. The zero-order valence-electron chi connectivity index (χ0n) is 19.5. The van der Waals surface area contributed by atoms with Gasteiger partial charge in [0.25, 0.3) is 0 Å². The van der Waals surface area contributed by atoms with E-state index in [0.29, 0.717) is 37.6 Å². The van der Waals surface area contributed by atoms with Gasteiger partial charge < -0.3 is 14.5 Å². The predicted molar refractivity (Wildman–Crippen MR) is 124 cm³/mol. The molecule has 8 nitrogen and oxygen atoms in total. The number of fused-ring (bicyclic) bond motifs is 3. The number of aryl methyl sites for hydroxylation is 3. The van der Waals surface area contributed by atoms with Crippen LogP contribution in [0.5, 0.6) is 0 Å². The van der Waals surface area contributed by atoms with E-state index >= 15 is 0 Å². The maximum Gasteiger partial charge on any atom is 0.401 e. The molecule has 6 rings (SSSR count). The third-order valence-electron chi connectivity index (χ3n) is 7.33. The summed E-state index contributed by atoms with van der Waals surface area (Å²) in [4.78, 5) is 4.49. The van der Waals surface area contributed by atoms with E-state index in [0.717, 1.165) is 28.2 Å². The molecule has 4 aromatic rings. The maximum absolute atomic E-state index is 14.1. The maximum atomic E-state index is 14.1. The van der Waals surface area contributed by atoms with Gasteiger partial charge >= 0.3 is 6.18 Å². The standard InChI is InChI=1S/C24H25F3N8/c1-15-13-28-19(30-20-5-8-29-33(20)2)12-17(15)16-11-18-21-31-32-22(23(6-3-7-23)24(25,26)27)35(21)10-4-9-34(18)14-16/h5,8,11-14H,3-4,6-7,9-10H2,1-2H3,(H,28,30). The van der Waals surface area contributed by atoms with Crippen LogP contribution in [0.4, 0.5) is 24.8 Å². The lowest BCUT2D eigenvalue weighted by Crippen LogP contribution is -2.49. The quantitative estimate of drug-likeness (QED) is 0.444. The van der Waals surface area contributed by atoms with Crippen LogP contribution in [-0.2, 0) is 25.6 Å².